The van der Waals surface area contributed by atoms with Gasteiger partial charge >= 0.3 is 0 Å². The number of nitrogens with two attached hydrogens (primary N) is 1. The molecule has 122 valence electrons. The summed E-state index contributed by atoms with van der Waals surface area (Å²) in [5.74, 6) is 0.562. The highest BCUT2D eigenvalue weighted by atomic mass is 15.1. The molecule has 0 saturated heterocycles. The summed E-state index contributed by atoms with van der Waals surface area (Å²) in [5, 5.41) is 9.06. The zero-order valence-electron chi connectivity index (χ0n) is 13.8. The van der Waals surface area contributed by atoms with Crippen LogP contribution in [-0.4, -0.2) is 45.7 Å². The van der Waals surface area contributed by atoms with Crippen LogP contribution >= 0.6 is 0 Å². The Bertz CT molecular complexity index is 997. The Kier molecular flexibility index (Phi) is 3.46. The van der Waals surface area contributed by atoms with Crippen molar-refractivity contribution in [2.45, 2.75) is 6.42 Å². The molecule has 0 amide bonds. The fraction of sp³-hybridized carbons (Fsp3) is 0.222. The Hall–Kier alpha value is -2.86. The van der Waals surface area contributed by atoms with Crippen LogP contribution in [0.3, 0.4) is 0 Å². The van der Waals surface area contributed by atoms with E-state index in [0.717, 1.165) is 46.0 Å². The maximum absolute atomic E-state index is 6.20. The topological polar surface area (TPSA) is 86.6 Å². The van der Waals surface area contributed by atoms with E-state index in [2.05, 4.69) is 57.4 Å². The average Bonchev–Trinajstić information content (AvgIpc) is 3.22. The number of benzene rings is 1. The minimum absolute atomic E-state index is 0.562. The van der Waals surface area contributed by atoms with Gasteiger partial charge in [-0.3, -0.25) is 5.10 Å². The molecule has 1 aromatic carbocycles. The average molecular weight is 320 g/mol. The fourth-order valence-corrected chi connectivity index (χ4v) is 3.01. The van der Waals surface area contributed by atoms with Crippen molar-refractivity contribution in [2.75, 3.05) is 26.4 Å². The minimum Gasteiger partial charge on any atom is -0.383 e. The van der Waals surface area contributed by atoms with Crippen LogP contribution in [0.5, 0.6) is 0 Å². The summed E-state index contributed by atoms with van der Waals surface area (Å²) in [6.07, 6.45) is 2.70. The molecule has 0 atom stereocenters. The third-order valence-corrected chi connectivity index (χ3v) is 4.30. The molecule has 0 bridgehead atoms. The van der Waals surface area contributed by atoms with Crippen molar-refractivity contribution in [3.05, 3.63) is 42.2 Å². The van der Waals surface area contributed by atoms with Crippen LogP contribution in [-0.2, 0) is 6.42 Å². The van der Waals surface area contributed by atoms with Gasteiger partial charge in [0.05, 0.1) is 16.7 Å². The predicted molar refractivity (Wildman–Crippen MR) is 97.9 cm³/mol. The van der Waals surface area contributed by atoms with E-state index in [0.29, 0.717) is 5.82 Å². The highest BCUT2D eigenvalue weighted by Crippen LogP contribution is 2.30. The van der Waals surface area contributed by atoms with Crippen molar-refractivity contribution in [1.82, 2.24) is 25.1 Å². The maximum Gasteiger partial charge on any atom is 0.133 e. The van der Waals surface area contributed by atoms with Gasteiger partial charge in [-0.25, -0.2) is 4.98 Å². The van der Waals surface area contributed by atoms with Crippen LogP contribution in [0.25, 0.3) is 33.1 Å². The zero-order valence-corrected chi connectivity index (χ0v) is 13.8. The normalized spacial score (nSPS) is 11.8. The predicted octanol–water partition coefficient (Wildman–Crippen LogP) is 2.79. The number of nitrogens with one attached hydrogen (secondary N) is 2. The number of likely N-dealkylation sites (N-methyl/N-ethyl adjacent to an activating group) is 1. The molecular formula is C18H20N6. The van der Waals surface area contributed by atoms with Crippen LogP contribution in [0.1, 0.15) is 5.69 Å². The van der Waals surface area contributed by atoms with Crippen LogP contribution in [0.15, 0.2) is 36.5 Å². The smallest absolute Gasteiger partial charge is 0.133 e. The van der Waals surface area contributed by atoms with Gasteiger partial charge in [0, 0.05) is 41.2 Å². The van der Waals surface area contributed by atoms with Crippen LogP contribution in [0.2, 0.25) is 0 Å². The largest absolute Gasteiger partial charge is 0.383 e. The molecule has 6 heteroatoms. The number of aromatic amines is 2. The summed E-state index contributed by atoms with van der Waals surface area (Å²) < 4.78 is 0. The molecule has 0 aliphatic rings. The Morgan fingerprint density at radius 1 is 1.12 bits per heavy atom. The number of hydrogen-bond acceptors (Lipinski definition) is 4. The maximum atomic E-state index is 6.20. The molecule has 0 spiro atoms. The summed E-state index contributed by atoms with van der Waals surface area (Å²) in [6.45, 7) is 0.988. The second-order valence-electron chi connectivity index (χ2n) is 6.34. The monoisotopic (exact) mass is 320 g/mol. The second-order valence-corrected chi connectivity index (χ2v) is 6.34. The first-order valence-electron chi connectivity index (χ1n) is 7.97. The lowest BCUT2D eigenvalue weighted by Crippen LogP contribution is -2.15. The van der Waals surface area contributed by atoms with E-state index in [1.807, 2.05) is 12.1 Å². The third-order valence-electron chi connectivity index (χ3n) is 4.30. The van der Waals surface area contributed by atoms with Crippen molar-refractivity contribution in [2.24, 2.45) is 0 Å². The van der Waals surface area contributed by atoms with Gasteiger partial charge in [-0.1, -0.05) is 12.1 Å². The van der Waals surface area contributed by atoms with Gasteiger partial charge in [0.1, 0.15) is 5.82 Å². The van der Waals surface area contributed by atoms with Crippen LogP contribution < -0.4 is 5.73 Å². The Labute approximate surface area is 139 Å². The molecule has 0 aliphatic heterocycles. The molecule has 4 N–H and O–H groups in total. The lowest BCUT2D eigenvalue weighted by atomic mass is 10.1. The molecule has 4 rings (SSSR count). The first-order chi connectivity index (χ1) is 11.6. The van der Waals surface area contributed by atoms with Gasteiger partial charge in [0.25, 0.3) is 0 Å². The van der Waals surface area contributed by atoms with Crippen molar-refractivity contribution in [3.8, 4) is 11.3 Å². The SMILES string of the molecule is CN(C)CCc1cc2c(N)nc3cc(-c4ccn[nH]4)ccc3c2[nH]1. The van der Waals surface area contributed by atoms with Crippen molar-refractivity contribution in [3.63, 3.8) is 0 Å². The zero-order chi connectivity index (χ0) is 16.7. The molecule has 4 aromatic rings. The summed E-state index contributed by atoms with van der Waals surface area (Å²) in [5.41, 5.74) is 11.3. The summed E-state index contributed by atoms with van der Waals surface area (Å²) in [7, 11) is 4.15. The first kappa shape index (κ1) is 14.7. The summed E-state index contributed by atoms with van der Waals surface area (Å²) >= 11 is 0. The highest BCUT2D eigenvalue weighted by molar-refractivity contribution is 6.08. The third kappa shape index (κ3) is 2.51. The van der Waals surface area contributed by atoms with Gasteiger partial charge in [-0.05, 0) is 32.3 Å². The first-order valence-corrected chi connectivity index (χ1v) is 7.97. The molecule has 3 heterocycles. The molecule has 0 unspecified atom stereocenters. The standard InChI is InChI=1S/C18H20N6/c1-24(2)8-6-12-10-14-17(21-12)13-4-3-11(15-5-7-20-23-15)9-16(13)22-18(14)19/h3-5,7,9-10,21H,6,8H2,1-2H3,(H2,19,22)(H,20,23). The number of pyridine rings is 1. The van der Waals surface area contributed by atoms with E-state index in [9.17, 15) is 0 Å². The van der Waals surface area contributed by atoms with Gasteiger partial charge < -0.3 is 15.6 Å². The number of hydrogen-bond donors (Lipinski definition) is 3. The summed E-state index contributed by atoms with van der Waals surface area (Å²) in [4.78, 5) is 10.3. The number of nitrogens with zero attached hydrogens (tertiary/aromatic N) is 3. The number of H-pyrrole nitrogens is 2. The minimum atomic E-state index is 0.562. The van der Waals surface area contributed by atoms with Crippen LogP contribution in [0, 0.1) is 0 Å². The molecule has 24 heavy (non-hydrogen) atoms. The number of fused-ring (bicyclic) bond motifs is 3. The number of nitrogen functional groups attached to an aromatic ring is 1. The molecule has 3 aromatic heterocycles. The molecular weight excluding hydrogens is 300 g/mol. The summed E-state index contributed by atoms with van der Waals surface area (Å²) in [6, 6.07) is 10.3. The number of aromatic nitrogens is 4. The van der Waals surface area contributed by atoms with E-state index in [1.165, 1.54) is 5.69 Å². The van der Waals surface area contributed by atoms with E-state index in [4.69, 9.17) is 5.73 Å². The second kappa shape index (κ2) is 5.65. The molecule has 0 saturated carbocycles. The lowest BCUT2D eigenvalue weighted by molar-refractivity contribution is 0.412. The van der Waals surface area contributed by atoms with E-state index >= 15 is 0 Å². The Morgan fingerprint density at radius 2 is 2.00 bits per heavy atom. The Balaban J connectivity index is 1.84. The number of rotatable bonds is 4. The Morgan fingerprint density at radius 3 is 2.75 bits per heavy atom. The highest BCUT2D eigenvalue weighted by Gasteiger charge is 2.11. The van der Waals surface area contributed by atoms with Crippen LogP contribution in [0.4, 0.5) is 5.82 Å². The van der Waals surface area contributed by atoms with Gasteiger partial charge in [-0.2, -0.15) is 5.10 Å². The van der Waals surface area contributed by atoms with Gasteiger partial charge in [0.2, 0.25) is 0 Å². The number of anilines is 1. The quantitative estimate of drug-likeness (QED) is 0.539. The van der Waals surface area contributed by atoms with E-state index in [-0.39, 0.29) is 0 Å². The van der Waals surface area contributed by atoms with E-state index < -0.39 is 0 Å². The molecule has 6 nitrogen and oxygen atoms in total. The molecule has 0 fully saturated rings. The molecule has 0 radical (unpaired) electrons. The fourth-order valence-electron chi connectivity index (χ4n) is 3.01. The molecule has 0 aliphatic carbocycles. The van der Waals surface area contributed by atoms with Crippen molar-refractivity contribution < 1.29 is 0 Å². The van der Waals surface area contributed by atoms with Gasteiger partial charge in [-0.15, -0.1) is 0 Å². The van der Waals surface area contributed by atoms with Crippen molar-refractivity contribution in [1.29, 1.82) is 0 Å². The van der Waals surface area contributed by atoms with Gasteiger partial charge in [0.15, 0.2) is 0 Å². The van der Waals surface area contributed by atoms with E-state index in [1.54, 1.807) is 6.20 Å². The van der Waals surface area contributed by atoms with Crippen molar-refractivity contribution >= 4 is 27.6 Å². The lowest BCUT2D eigenvalue weighted by Gasteiger charge is -2.07.